The number of carbonyl (C=O) groups is 1. The zero-order chi connectivity index (χ0) is 16.3. The molecule has 5 heteroatoms. The molecule has 0 aliphatic heterocycles. The van der Waals surface area contributed by atoms with Gasteiger partial charge in [-0.1, -0.05) is 17.8 Å². The first-order valence-corrected chi connectivity index (χ1v) is 8.03. The van der Waals surface area contributed by atoms with Gasteiger partial charge in [0.25, 0.3) is 0 Å². The summed E-state index contributed by atoms with van der Waals surface area (Å²) in [4.78, 5) is 16.2. The van der Waals surface area contributed by atoms with Crippen molar-refractivity contribution in [1.82, 2.24) is 4.98 Å². The number of aromatic nitrogens is 1. The zero-order valence-corrected chi connectivity index (χ0v) is 14.0. The van der Waals surface area contributed by atoms with E-state index in [0.29, 0.717) is 10.6 Å². The predicted octanol–water partition coefficient (Wildman–Crippen LogP) is 3.77. The second-order valence-corrected chi connectivity index (χ2v) is 6.39. The number of nitrogens with zero attached hydrogens (tertiary/aromatic N) is 2. The van der Waals surface area contributed by atoms with E-state index in [9.17, 15) is 10.1 Å². The molecule has 22 heavy (non-hydrogen) atoms. The Morgan fingerprint density at radius 1 is 1.36 bits per heavy atom. The SMILES string of the molecule is Cc1cc(C)c2cc(C#N)c(SCC(=O)OC(C)C)nc2c1. The van der Waals surface area contributed by atoms with E-state index in [2.05, 4.69) is 17.1 Å². The van der Waals surface area contributed by atoms with Crippen molar-refractivity contribution in [2.75, 3.05) is 5.75 Å². The molecule has 0 bridgehead atoms. The highest BCUT2D eigenvalue weighted by Gasteiger charge is 2.13. The first-order chi connectivity index (χ1) is 10.4. The van der Waals surface area contributed by atoms with Crippen molar-refractivity contribution in [3.8, 4) is 6.07 Å². The van der Waals surface area contributed by atoms with E-state index >= 15 is 0 Å². The molecule has 0 fully saturated rings. The molecule has 0 amide bonds. The second-order valence-electron chi connectivity index (χ2n) is 5.43. The molecule has 114 valence electrons. The third-order valence-corrected chi connectivity index (χ3v) is 4.03. The van der Waals surface area contributed by atoms with Crippen molar-refractivity contribution in [3.05, 3.63) is 34.9 Å². The summed E-state index contributed by atoms with van der Waals surface area (Å²) in [5, 5.41) is 10.9. The molecule has 1 heterocycles. The summed E-state index contributed by atoms with van der Waals surface area (Å²) < 4.78 is 5.10. The smallest absolute Gasteiger partial charge is 0.316 e. The number of benzene rings is 1. The standard InChI is InChI=1S/C17H18N2O2S/c1-10(2)21-16(20)9-22-17-13(8-18)7-14-12(4)5-11(3)6-15(14)19-17/h5-7,10H,9H2,1-4H3. The third-order valence-electron chi connectivity index (χ3n) is 3.06. The number of rotatable bonds is 4. The quantitative estimate of drug-likeness (QED) is 0.635. The van der Waals surface area contributed by atoms with Gasteiger partial charge in [0.2, 0.25) is 0 Å². The van der Waals surface area contributed by atoms with Crippen molar-refractivity contribution < 1.29 is 9.53 Å². The number of hydrogen-bond acceptors (Lipinski definition) is 5. The average Bonchev–Trinajstić information content (AvgIpc) is 2.43. The topological polar surface area (TPSA) is 63.0 Å². The minimum atomic E-state index is -0.300. The summed E-state index contributed by atoms with van der Waals surface area (Å²) in [5.41, 5.74) is 3.55. The summed E-state index contributed by atoms with van der Waals surface area (Å²) in [6.07, 6.45) is -0.140. The zero-order valence-electron chi connectivity index (χ0n) is 13.1. The lowest BCUT2D eigenvalue weighted by Crippen LogP contribution is -2.13. The number of esters is 1. The van der Waals surface area contributed by atoms with Crippen LogP contribution in [0.5, 0.6) is 0 Å². The lowest BCUT2D eigenvalue weighted by atomic mass is 10.1. The monoisotopic (exact) mass is 314 g/mol. The molecular weight excluding hydrogens is 296 g/mol. The normalized spacial score (nSPS) is 10.7. The largest absolute Gasteiger partial charge is 0.462 e. The molecule has 0 aliphatic rings. The Kier molecular flexibility index (Phi) is 5.04. The van der Waals surface area contributed by atoms with E-state index < -0.39 is 0 Å². The van der Waals surface area contributed by atoms with Crippen LogP contribution in [0.1, 0.15) is 30.5 Å². The first-order valence-electron chi connectivity index (χ1n) is 7.05. The highest BCUT2D eigenvalue weighted by Crippen LogP contribution is 2.27. The van der Waals surface area contributed by atoms with Gasteiger partial charge in [-0.2, -0.15) is 5.26 Å². The van der Waals surface area contributed by atoms with Gasteiger partial charge in [-0.15, -0.1) is 0 Å². The molecule has 4 nitrogen and oxygen atoms in total. The van der Waals surface area contributed by atoms with Crippen molar-refractivity contribution in [1.29, 1.82) is 5.26 Å². The van der Waals surface area contributed by atoms with E-state index in [0.717, 1.165) is 22.0 Å². The summed E-state index contributed by atoms with van der Waals surface area (Å²) in [7, 11) is 0. The van der Waals surface area contributed by atoms with Gasteiger partial charge in [0, 0.05) is 5.39 Å². The van der Waals surface area contributed by atoms with E-state index in [-0.39, 0.29) is 17.8 Å². The van der Waals surface area contributed by atoms with Gasteiger partial charge < -0.3 is 4.74 Å². The Labute approximate surface area is 134 Å². The molecule has 0 radical (unpaired) electrons. The molecule has 1 aromatic heterocycles. The van der Waals surface area contributed by atoms with Crippen LogP contribution in [-0.4, -0.2) is 22.8 Å². The minimum Gasteiger partial charge on any atom is -0.462 e. The molecule has 0 aliphatic carbocycles. The van der Waals surface area contributed by atoms with Gasteiger partial charge in [0.15, 0.2) is 0 Å². The van der Waals surface area contributed by atoms with Crippen molar-refractivity contribution in [2.45, 2.75) is 38.8 Å². The number of pyridine rings is 1. The highest BCUT2D eigenvalue weighted by atomic mass is 32.2. The average molecular weight is 314 g/mol. The maximum atomic E-state index is 11.6. The molecule has 0 atom stereocenters. The number of fused-ring (bicyclic) bond motifs is 1. The molecule has 0 unspecified atom stereocenters. The second kappa shape index (κ2) is 6.80. The number of carbonyl (C=O) groups excluding carboxylic acids is 1. The van der Waals surface area contributed by atoms with E-state index in [1.165, 1.54) is 11.8 Å². The van der Waals surface area contributed by atoms with E-state index in [1.54, 1.807) is 0 Å². The molecule has 0 N–H and O–H groups in total. The lowest BCUT2D eigenvalue weighted by Gasteiger charge is -2.10. The highest BCUT2D eigenvalue weighted by molar-refractivity contribution is 7.99. The maximum Gasteiger partial charge on any atom is 0.316 e. The van der Waals surface area contributed by atoms with Gasteiger partial charge in [-0.25, -0.2) is 4.98 Å². The van der Waals surface area contributed by atoms with Crippen molar-refractivity contribution in [2.24, 2.45) is 0 Å². The van der Waals surface area contributed by atoms with Crippen LogP contribution in [0.25, 0.3) is 10.9 Å². The third kappa shape index (κ3) is 3.77. The number of ether oxygens (including phenoxy) is 1. The molecule has 0 spiro atoms. The number of nitriles is 1. The maximum absolute atomic E-state index is 11.6. The molecule has 2 aromatic rings. The van der Waals surface area contributed by atoms with Gasteiger partial charge in [0.1, 0.15) is 11.1 Å². The van der Waals surface area contributed by atoms with Gasteiger partial charge in [-0.05, 0) is 51.0 Å². The number of aryl methyl sites for hydroxylation is 2. The molecular formula is C17H18N2O2S. The fourth-order valence-corrected chi connectivity index (χ4v) is 2.97. The van der Waals surface area contributed by atoms with Crippen LogP contribution < -0.4 is 0 Å². The number of thioether (sulfide) groups is 1. The molecule has 2 rings (SSSR count). The van der Waals surface area contributed by atoms with Crippen LogP contribution in [0.4, 0.5) is 0 Å². The fraction of sp³-hybridized carbons (Fsp3) is 0.353. The minimum absolute atomic E-state index is 0.140. The van der Waals surface area contributed by atoms with Crippen LogP contribution >= 0.6 is 11.8 Å². The predicted molar refractivity (Wildman–Crippen MR) is 87.9 cm³/mol. The summed E-state index contributed by atoms with van der Waals surface area (Å²) in [6.45, 7) is 7.64. The van der Waals surface area contributed by atoms with Crippen LogP contribution in [0, 0.1) is 25.2 Å². The van der Waals surface area contributed by atoms with Gasteiger partial charge in [0.05, 0.1) is 22.9 Å². The fourth-order valence-electron chi connectivity index (χ4n) is 2.23. The molecule has 0 saturated carbocycles. The van der Waals surface area contributed by atoms with Crippen molar-refractivity contribution in [3.63, 3.8) is 0 Å². The van der Waals surface area contributed by atoms with Crippen LogP contribution in [0.3, 0.4) is 0 Å². The van der Waals surface area contributed by atoms with Gasteiger partial charge >= 0.3 is 5.97 Å². The Morgan fingerprint density at radius 2 is 2.09 bits per heavy atom. The van der Waals surface area contributed by atoms with Gasteiger partial charge in [-0.3, -0.25) is 4.79 Å². The Bertz CT molecular complexity index is 763. The Morgan fingerprint density at radius 3 is 2.73 bits per heavy atom. The van der Waals surface area contributed by atoms with Crippen LogP contribution in [0.2, 0.25) is 0 Å². The van der Waals surface area contributed by atoms with E-state index in [1.807, 2.05) is 39.8 Å². The molecule has 1 aromatic carbocycles. The van der Waals surface area contributed by atoms with Crippen molar-refractivity contribution >= 4 is 28.6 Å². The number of hydrogen-bond donors (Lipinski definition) is 0. The lowest BCUT2D eigenvalue weighted by molar-refractivity contribution is -0.144. The first kappa shape index (κ1) is 16.3. The summed E-state index contributed by atoms with van der Waals surface area (Å²) >= 11 is 1.24. The summed E-state index contributed by atoms with van der Waals surface area (Å²) in [6, 6.07) is 8.05. The van der Waals surface area contributed by atoms with Crippen LogP contribution in [0.15, 0.2) is 23.2 Å². The van der Waals surface area contributed by atoms with Crippen LogP contribution in [-0.2, 0) is 9.53 Å². The Balaban J connectivity index is 2.33. The summed E-state index contributed by atoms with van der Waals surface area (Å²) in [5.74, 6) is -0.151. The Hall–Kier alpha value is -2.06. The molecule has 0 saturated heterocycles. The van der Waals surface area contributed by atoms with E-state index in [4.69, 9.17) is 4.74 Å².